The van der Waals surface area contributed by atoms with Crippen LogP contribution in [0.25, 0.3) is 0 Å². The standard InChI is InChI=1S/C12H16O4/c1-8(2)11(12(13)14)16-10-6-4-9(15-3)5-7-10/h4-8,11H,1-3H3,(H,13,14)/t11-/m0/s1. The third-order valence-electron chi connectivity index (χ3n) is 2.17. The van der Waals surface area contributed by atoms with E-state index in [1.807, 2.05) is 13.8 Å². The third-order valence-corrected chi connectivity index (χ3v) is 2.17. The Morgan fingerprint density at radius 1 is 1.19 bits per heavy atom. The Kier molecular flexibility index (Phi) is 4.17. The molecule has 88 valence electrons. The first-order chi connectivity index (χ1) is 7.54. The molecule has 0 aliphatic heterocycles. The molecule has 1 atom stereocenters. The van der Waals surface area contributed by atoms with Crippen molar-refractivity contribution in [2.45, 2.75) is 20.0 Å². The van der Waals surface area contributed by atoms with Gasteiger partial charge >= 0.3 is 5.97 Å². The molecule has 16 heavy (non-hydrogen) atoms. The molecule has 4 heteroatoms. The van der Waals surface area contributed by atoms with Crippen molar-refractivity contribution in [3.05, 3.63) is 24.3 Å². The van der Waals surface area contributed by atoms with Gasteiger partial charge in [-0.3, -0.25) is 0 Å². The zero-order valence-electron chi connectivity index (χ0n) is 9.64. The van der Waals surface area contributed by atoms with E-state index < -0.39 is 12.1 Å². The van der Waals surface area contributed by atoms with Crippen LogP contribution < -0.4 is 9.47 Å². The van der Waals surface area contributed by atoms with Crippen LogP contribution in [0.15, 0.2) is 24.3 Å². The van der Waals surface area contributed by atoms with E-state index in [2.05, 4.69) is 0 Å². The summed E-state index contributed by atoms with van der Waals surface area (Å²) in [5.74, 6) is 0.205. The van der Waals surface area contributed by atoms with Gasteiger partial charge in [-0.15, -0.1) is 0 Å². The second kappa shape index (κ2) is 5.39. The molecule has 1 rings (SSSR count). The second-order valence-electron chi connectivity index (χ2n) is 3.80. The van der Waals surface area contributed by atoms with Crippen LogP contribution in [-0.4, -0.2) is 24.3 Å². The normalized spacial score (nSPS) is 12.2. The quantitative estimate of drug-likeness (QED) is 0.832. The molecule has 0 saturated heterocycles. The zero-order valence-corrected chi connectivity index (χ0v) is 9.64. The highest BCUT2D eigenvalue weighted by atomic mass is 16.5. The van der Waals surface area contributed by atoms with Gasteiger partial charge in [0.05, 0.1) is 7.11 Å². The summed E-state index contributed by atoms with van der Waals surface area (Å²) in [4.78, 5) is 10.9. The summed E-state index contributed by atoms with van der Waals surface area (Å²) in [6.45, 7) is 3.62. The predicted molar refractivity (Wildman–Crippen MR) is 59.9 cm³/mol. The monoisotopic (exact) mass is 224 g/mol. The summed E-state index contributed by atoms with van der Waals surface area (Å²) >= 11 is 0. The molecule has 4 nitrogen and oxygen atoms in total. The smallest absolute Gasteiger partial charge is 0.345 e. The number of hydrogen-bond donors (Lipinski definition) is 1. The van der Waals surface area contributed by atoms with Crippen LogP contribution in [0.3, 0.4) is 0 Å². The van der Waals surface area contributed by atoms with Crippen molar-refractivity contribution in [1.82, 2.24) is 0 Å². The molecule has 0 amide bonds. The fourth-order valence-electron chi connectivity index (χ4n) is 1.27. The minimum atomic E-state index is -0.953. The van der Waals surface area contributed by atoms with Gasteiger partial charge in [-0.2, -0.15) is 0 Å². The van der Waals surface area contributed by atoms with E-state index in [-0.39, 0.29) is 5.92 Å². The molecular weight excluding hydrogens is 208 g/mol. The SMILES string of the molecule is COc1ccc(O[C@H](C(=O)O)C(C)C)cc1. The van der Waals surface area contributed by atoms with Crippen LogP contribution in [0.2, 0.25) is 0 Å². The maximum Gasteiger partial charge on any atom is 0.345 e. The zero-order chi connectivity index (χ0) is 12.1. The number of carbonyl (C=O) groups is 1. The Bertz CT molecular complexity index is 343. The van der Waals surface area contributed by atoms with Gasteiger partial charge in [0.15, 0.2) is 6.10 Å². The maximum absolute atomic E-state index is 10.9. The lowest BCUT2D eigenvalue weighted by atomic mass is 10.1. The van der Waals surface area contributed by atoms with Gasteiger partial charge < -0.3 is 14.6 Å². The van der Waals surface area contributed by atoms with E-state index in [0.29, 0.717) is 11.5 Å². The topological polar surface area (TPSA) is 55.8 Å². The molecule has 1 aromatic carbocycles. The van der Waals surface area contributed by atoms with Gasteiger partial charge in [-0.1, -0.05) is 13.8 Å². The van der Waals surface area contributed by atoms with Gasteiger partial charge in [-0.25, -0.2) is 4.79 Å². The average molecular weight is 224 g/mol. The highest BCUT2D eigenvalue weighted by molar-refractivity contribution is 5.73. The molecule has 0 aromatic heterocycles. The van der Waals surface area contributed by atoms with E-state index in [1.165, 1.54) is 0 Å². The van der Waals surface area contributed by atoms with E-state index in [9.17, 15) is 4.79 Å². The van der Waals surface area contributed by atoms with Gasteiger partial charge in [0, 0.05) is 5.92 Å². The number of hydrogen-bond acceptors (Lipinski definition) is 3. The molecule has 1 N–H and O–H groups in total. The summed E-state index contributed by atoms with van der Waals surface area (Å²) in [6, 6.07) is 6.84. The van der Waals surface area contributed by atoms with Gasteiger partial charge in [-0.05, 0) is 24.3 Å². The first-order valence-electron chi connectivity index (χ1n) is 5.08. The van der Waals surface area contributed by atoms with Crippen LogP contribution in [0, 0.1) is 5.92 Å². The lowest BCUT2D eigenvalue weighted by Gasteiger charge is -2.18. The Morgan fingerprint density at radius 3 is 2.06 bits per heavy atom. The van der Waals surface area contributed by atoms with Crippen LogP contribution in [0.5, 0.6) is 11.5 Å². The van der Waals surface area contributed by atoms with Crippen molar-refractivity contribution in [3.8, 4) is 11.5 Å². The van der Waals surface area contributed by atoms with Crippen molar-refractivity contribution in [3.63, 3.8) is 0 Å². The first kappa shape index (κ1) is 12.4. The maximum atomic E-state index is 10.9. The number of methoxy groups -OCH3 is 1. The summed E-state index contributed by atoms with van der Waals surface area (Å²) in [5, 5.41) is 8.96. The van der Waals surface area contributed by atoms with Crippen molar-refractivity contribution < 1.29 is 19.4 Å². The molecular formula is C12H16O4. The predicted octanol–water partition coefficient (Wildman–Crippen LogP) is 2.18. The van der Waals surface area contributed by atoms with Crippen LogP contribution in [0.4, 0.5) is 0 Å². The molecule has 0 saturated carbocycles. The van der Waals surface area contributed by atoms with E-state index in [0.717, 1.165) is 0 Å². The largest absolute Gasteiger partial charge is 0.497 e. The molecule has 0 spiro atoms. The number of rotatable bonds is 5. The van der Waals surface area contributed by atoms with E-state index in [4.69, 9.17) is 14.6 Å². The molecule has 1 aromatic rings. The van der Waals surface area contributed by atoms with E-state index >= 15 is 0 Å². The molecule has 0 aliphatic carbocycles. The van der Waals surface area contributed by atoms with Gasteiger partial charge in [0.2, 0.25) is 0 Å². The molecule has 0 heterocycles. The van der Waals surface area contributed by atoms with Crippen molar-refractivity contribution in [2.24, 2.45) is 5.92 Å². The van der Waals surface area contributed by atoms with Crippen LogP contribution in [-0.2, 0) is 4.79 Å². The lowest BCUT2D eigenvalue weighted by molar-refractivity contribution is -0.147. The number of ether oxygens (including phenoxy) is 2. The number of carboxylic acids is 1. The Labute approximate surface area is 94.8 Å². The summed E-state index contributed by atoms with van der Waals surface area (Å²) in [7, 11) is 1.57. The Balaban J connectivity index is 2.74. The third kappa shape index (κ3) is 3.15. The Hall–Kier alpha value is -1.71. The molecule has 0 aliphatic rings. The average Bonchev–Trinajstić information content (AvgIpc) is 2.25. The molecule has 0 radical (unpaired) electrons. The number of aliphatic carboxylic acids is 1. The van der Waals surface area contributed by atoms with Crippen LogP contribution in [0.1, 0.15) is 13.8 Å². The Morgan fingerprint density at radius 2 is 1.69 bits per heavy atom. The fourth-order valence-corrected chi connectivity index (χ4v) is 1.27. The summed E-state index contributed by atoms with van der Waals surface area (Å²) in [5.41, 5.74) is 0. The molecule has 0 fully saturated rings. The molecule has 0 unspecified atom stereocenters. The van der Waals surface area contributed by atoms with Crippen molar-refractivity contribution in [1.29, 1.82) is 0 Å². The minimum Gasteiger partial charge on any atom is -0.497 e. The fraction of sp³-hybridized carbons (Fsp3) is 0.417. The molecule has 0 bridgehead atoms. The first-order valence-corrected chi connectivity index (χ1v) is 5.08. The summed E-state index contributed by atoms with van der Waals surface area (Å²) < 4.78 is 10.4. The van der Waals surface area contributed by atoms with E-state index in [1.54, 1.807) is 31.4 Å². The lowest BCUT2D eigenvalue weighted by Crippen LogP contribution is -2.32. The van der Waals surface area contributed by atoms with Crippen molar-refractivity contribution in [2.75, 3.05) is 7.11 Å². The summed E-state index contributed by atoms with van der Waals surface area (Å²) in [6.07, 6.45) is -0.826. The van der Waals surface area contributed by atoms with Gasteiger partial charge in [0.1, 0.15) is 11.5 Å². The minimum absolute atomic E-state index is 0.0837. The van der Waals surface area contributed by atoms with Crippen LogP contribution >= 0.6 is 0 Å². The number of carboxylic acid groups (broad SMARTS) is 1. The van der Waals surface area contributed by atoms with Crippen molar-refractivity contribution >= 4 is 5.97 Å². The second-order valence-corrected chi connectivity index (χ2v) is 3.80. The highest BCUT2D eigenvalue weighted by Gasteiger charge is 2.23. The van der Waals surface area contributed by atoms with Gasteiger partial charge in [0.25, 0.3) is 0 Å². The number of benzene rings is 1. The highest BCUT2D eigenvalue weighted by Crippen LogP contribution is 2.20.